The smallest absolute Gasteiger partial charge is 0.221 e. The highest BCUT2D eigenvalue weighted by atomic mass is 16.5. The molecule has 0 radical (unpaired) electrons. The van der Waals surface area contributed by atoms with Crippen molar-refractivity contribution in [2.24, 2.45) is 5.92 Å². The summed E-state index contributed by atoms with van der Waals surface area (Å²) in [4.78, 5) is 11.1. The first kappa shape index (κ1) is 15.3. The molecule has 19 heavy (non-hydrogen) atoms. The SMILES string of the molecule is CCC(CC)CNc1cc(NC(C)=O)ccc1OC. The number of benzene rings is 1. The van der Waals surface area contributed by atoms with E-state index in [0.29, 0.717) is 5.92 Å². The molecule has 0 aliphatic rings. The molecule has 0 aromatic heterocycles. The molecular formula is C15H24N2O2. The molecule has 0 saturated carbocycles. The number of hydrogen-bond donors (Lipinski definition) is 2. The van der Waals surface area contributed by atoms with Crippen LogP contribution in [0, 0.1) is 5.92 Å². The van der Waals surface area contributed by atoms with Gasteiger partial charge in [-0.1, -0.05) is 26.7 Å². The number of anilines is 2. The van der Waals surface area contributed by atoms with Gasteiger partial charge in [-0.3, -0.25) is 4.79 Å². The Labute approximate surface area is 115 Å². The van der Waals surface area contributed by atoms with Crippen molar-refractivity contribution >= 4 is 17.3 Å². The second-order valence-corrected chi connectivity index (χ2v) is 4.66. The van der Waals surface area contributed by atoms with Crippen molar-refractivity contribution in [1.82, 2.24) is 0 Å². The fourth-order valence-electron chi connectivity index (χ4n) is 1.96. The molecule has 1 rings (SSSR count). The van der Waals surface area contributed by atoms with Gasteiger partial charge in [0.05, 0.1) is 12.8 Å². The average Bonchev–Trinajstić information content (AvgIpc) is 2.39. The van der Waals surface area contributed by atoms with Crippen molar-refractivity contribution in [3.8, 4) is 5.75 Å². The van der Waals surface area contributed by atoms with Crippen molar-refractivity contribution in [1.29, 1.82) is 0 Å². The highest BCUT2D eigenvalue weighted by Gasteiger charge is 2.08. The van der Waals surface area contributed by atoms with Crippen LogP contribution in [0.5, 0.6) is 5.75 Å². The second-order valence-electron chi connectivity index (χ2n) is 4.66. The summed E-state index contributed by atoms with van der Waals surface area (Å²) >= 11 is 0. The number of ether oxygens (including phenoxy) is 1. The lowest BCUT2D eigenvalue weighted by molar-refractivity contribution is -0.114. The third-order valence-electron chi connectivity index (χ3n) is 3.26. The van der Waals surface area contributed by atoms with Gasteiger partial charge in [-0.25, -0.2) is 0 Å². The van der Waals surface area contributed by atoms with E-state index in [0.717, 1.165) is 36.5 Å². The summed E-state index contributed by atoms with van der Waals surface area (Å²) in [5.74, 6) is 1.37. The molecule has 1 aromatic rings. The highest BCUT2D eigenvalue weighted by molar-refractivity contribution is 5.89. The molecule has 0 aliphatic heterocycles. The zero-order chi connectivity index (χ0) is 14.3. The monoisotopic (exact) mass is 264 g/mol. The Morgan fingerprint density at radius 1 is 1.32 bits per heavy atom. The van der Waals surface area contributed by atoms with Crippen molar-refractivity contribution < 1.29 is 9.53 Å². The van der Waals surface area contributed by atoms with Gasteiger partial charge in [0.15, 0.2) is 0 Å². The number of carbonyl (C=O) groups excluding carboxylic acids is 1. The summed E-state index contributed by atoms with van der Waals surface area (Å²) in [5, 5.41) is 6.18. The molecule has 0 spiro atoms. The van der Waals surface area contributed by atoms with Crippen molar-refractivity contribution in [2.75, 3.05) is 24.3 Å². The van der Waals surface area contributed by atoms with Gasteiger partial charge in [0, 0.05) is 19.2 Å². The van der Waals surface area contributed by atoms with E-state index in [2.05, 4.69) is 24.5 Å². The molecule has 1 aromatic carbocycles. The Balaban J connectivity index is 2.80. The Hall–Kier alpha value is -1.71. The zero-order valence-corrected chi connectivity index (χ0v) is 12.2. The van der Waals surface area contributed by atoms with Gasteiger partial charge in [-0.05, 0) is 24.1 Å². The van der Waals surface area contributed by atoms with E-state index < -0.39 is 0 Å². The number of methoxy groups -OCH3 is 1. The second kappa shape index (κ2) is 7.67. The fraction of sp³-hybridized carbons (Fsp3) is 0.533. The molecule has 106 valence electrons. The van der Waals surface area contributed by atoms with Crippen LogP contribution in [0.1, 0.15) is 33.6 Å². The van der Waals surface area contributed by atoms with Crippen LogP contribution in [-0.4, -0.2) is 19.6 Å². The van der Waals surface area contributed by atoms with Gasteiger partial charge in [-0.2, -0.15) is 0 Å². The number of hydrogen-bond acceptors (Lipinski definition) is 3. The lowest BCUT2D eigenvalue weighted by Gasteiger charge is -2.17. The minimum atomic E-state index is -0.0730. The van der Waals surface area contributed by atoms with Gasteiger partial charge in [0.1, 0.15) is 5.75 Å². The molecule has 0 fully saturated rings. The maximum atomic E-state index is 11.1. The van der Waals surface area contributed by atoms with Gasteiger partial charge in [-0.15, -0.1) is 0 Å². The summed E-state index contributed by atoms with van der Waals surface area (Å²) < 4.78 is 5.33. The average molecular weight is 264 g/mol. The Bertz CT molecular complexity index is 415. The summed E-state index contributed by atoms with van der Waals surface area (Å²) in [6, 6.07) is 5.60. The van der Waals surface area contributed by atoms with Gasteiger partial charge < -0.3 is 15.4 Å². The van der Waals surface area contributed by atoms with Crippen molar-refractivity contribution in [3.05, 3.63) is 18.2 Å². The van der Waals surface area contributed by atoms with E-state index in [4.69, 9.17) is 4.74 Å². The lowest BCUT2D eigenvalue weighted by Crippen LogP contribution is -2.14. The maximum absolute atomic E-state index is 11.1. The summed E-state index contributed by atoms with van der Waals surface area (Å²) in [5.41, 5.74) is 1.70. The molecule has 2 N–H and O–H groups in total. The van der Waals surface area contributed by atoms with E-state index >= 15 is 0 Å². The third kappa shape index (κ3) is 4.81. The lowest BCUT2D eigenvalue weighted by atomic mass is 10.0. The summed E-state index contributed by atoms with van der Waals surface area (Å²) in [6.07, 6.45) is 2.30. The van der Waals surface area contributed by atoms with E-state index in [1.807, 2.05) is 18.2 Å². The minimum Gasteiger partial charge on any atom is -0.495 e. The van der Waals surface area contributed by atoms with Crippen molar-refractivity contribution in [2.45, 2.75) is 33.6 Å². The molecule has 4 nitrogen and oxygen atoms in total. The van der Waals surface area contributed by atoms with Crippen LogP contribution in [0.3, 0.4) is 0 Å². The molecule has 0 unspecified atom stereocenters. The molecule has 0 aliphatic carbocycles. The number of nitrogens with one attached hydrogen (secondary N) is 2. The zero-order valence-electron chi connectivity index (χ0n) is 12.2. The Kier molecular flexibility index (Phi) is 6.19. The molecule has 0 bridgehead atoms. The first-order valence-electron chi connectivity index (χ1n) is 6.80. The largest absolute Gasteiger partial charge is 0.495 e. The first-order valence-corrected chi connectivity index (χ1v) is 6.80. The summed E-state index contributed by atoms with van der Waals surface area (Å²) in [7, 11) is 1.65. The first-order chi connectivity index (χ1) is 9.10. The number of carbonyl (C=O) groups is 1. The molecule has 1 amide bonds. The quantitative estimate of drug-likeness (QED) is 0.792. The van der Waals surface area contributed by atoms with Gasteiger partial charge in [0.25, 0.3) is 0 Å². The molecule has 4 heteroatoms. The van der Waals surface area contributed by atoms with E-state index in [1.165, 1.54) is 6.92 Å². The van der Waals surface area contributed by atoms with E-state index in [9.17, 15) is 4.79 Å². The Morgan fingerprint density at radius 3 is 2.53 bits per heavy atom. The predicted molar refractivity (Wildman–Crippen MR) is 79.9 cm³/mol. The van der Waals surface area contributed by atoms with Crippen LogP contribution < -0.4 is 15.4 Å². The van der Waals surface area contributed by atoms with Crippen LogP contribution in [-0.2, 0) is 4.79 Å². The van der Waals surface area contributed by atoms with Gasteiger partial charge in [0.2, 0.25) is 5.91 Å². The van der Waals surface area contributed by atoms with E-state index in [1.54, 1.807) is 7.11 Å². The number of rotatable bonds is 7. The maximum Gasteiger partial charge on any atom is 0.221 e. The number of amides is 1. The van der Waals surface area contributed by atoms with Crippen LogP contribution in [0.4, 0.5) is 11.4 Å². The summed E-state index contributed by atoms with van der Waals surface area (Å²) in [6.45, 7) is 6.80. The third-order valence-corrected chi connectivity index (χ3v) is 3.26. The molecule has 0 heterocycles. The standard InChI is InChI=1S/C15H24N2O2/c1-5-12(6-2)10-16-14-9-13(17-11(3)18)7-8-15(14)19-4/h7-9,12,16H,5-6,10H2,1-4H3,(H,17,18). The highest BCUT2D eigenvalue weighted by Crippen LogP contribution is 2.28. The predicted octanol–water partition coefficient (Wildman–Crippen LogP) is 3.50. The van der Waals surface area contributed by atoms with Crippen LogP contribution in [0.2, 0.25) is 0 Å². The van der Waals surface area contributed by atoms with E-state index in [-0.39, 0.29) is 5.91 Å². The normalized spacial score (nSPS) is 10.4. The van der Waals surface area contributed by atoms with Crippen LogP contribution in [0.15, 0.2) is 18.2 Å². The van der Waals surface area contributed by atoms with Crippen LogP contribution in [0.25, 0.3) is 0 Å². The molecular weight excluding hydrogens is 240 g/mol. The topological polar surface area (TPSA) is 50.4 Å². The Morgan fingerprint density at radius 2 is 2.00 bits per heavy atom. The van der Waals surface area contributed by atoms with Gasteiger partial charge >= 0.3 is 0 Å². The van der Waals surface area contributed by atoms with Crippen molar-refractivity contribution in [3.63, 3.8) is 0 Å². The fourth-order valence-corrected chi connectivity index (χ4v) is 1.96. The molecule has 0 atom stereocenters. The molecule has 0 saturated heterocycles. The van der Waals surface area contributed by atoms with Crippen LogP contribution >= 0.6 is 0 Å². The minimum absolute atomic E-state index is 0.0730.